The van der Waals surface area contributed by atoms with E-state index in [0.29, 0.717) is 34.6 Å². The van der Waals surface area contributed by atoms with Gasteiger partial charge in [-0.1, -0.05) is 0 Å². The van der Waals surface area contributed by atoms with Crippen LogP contribution >= 0.6 is 11.9 Å². The minimum Gasteiger partial charge on any atom is -0.492 e. The number of aliphatic imine (C=N–C) groups is 1. The molecule has 1 aromatic heterocycles. The standard InChI is InChI=1S/C27H27FN6O3S/c1-30-9-14-38-33-27(35)32-23-6-5-20(16-22(23)28)37-25-7-8-31-24-17-26(19(18-29)15-21(24)25)36-13-4-12-34-10-2-3-11-34/h5-9,14-17H,1-4,10-13H2,(H2,32,33,35)/b14-9-. The zero-order chi connectivity index (χ0) is 26.7. The third-order valence-corrected chi connectivity index (χ3v) is 6.36. The number of hydrogen-bond donors (Lipinski definition) is 2. The molecule has 0 bridgehead atoms. The number of benzene rings is 2. The van der Waals surface area contributed by atoms with Crippen LogP contribution in [0.25, 0.3) is 10.9 Å². The third kappa shape index (κ3) is 7.21. The van der Waals surface area contributed by atoms with Gasteiger partial charge in [0.2, 0.25) is 0 Å². The summed E-state index contributed by atoms with van der Waals surface area (Å²) in [6, 6.07) is 10.7. The first-order chi connectivity index (χ1) is 18.6. The van der Waals surface area contributed by atoms with Crippen LogP contribution in [0.1, 0.15) is 24.8 Å². The monoisotopic (exact) mass is 534 g/mol. The van der Waals surface area contributed by atoms with Crippen LogP contribution in [-0.2, 0) is 0 Å². The van der Waals surface area contributed by atoms with Gasteiger partial charge in [0, 0.05) is 41.9 Å². The molecule has 1 aliphatic rings. The molecule has 3 aromatic rings. The maximum absolute atomic E-state index is 14.6. The molecule has 0 spiro atoms. The molecule has 0 unspecified atom stereocenters. The lowest BCUT2D eigenvalue weighted by atomic mass is 10.1. The molecule has 38 heavy (non-hydrogen) atoms. The Kier molecular flexibility index (Phi) is 9.50. The number of hydrogen-bond acceptors (Lipinski definition) is 8. The van der Waals surface area contributed by atoms with Crippen molar-refractivity contribution in [1.29, 1.82) is 5.26 Å². The first-order valence-electron chi connectivity index (χ1n) is 12.1. The van der Waals surface area contributed by atoms with Crippen molar-refractivity contribution >= 4 is 41.3 Å². The van der Waals surface area contributed by atoms with E-state index in [1.54, 1.807) is 24.4 Å². The molecule has 1 aliphatic heterocycles. The summed E-state index contributed by atoms with van der Waals surface area (Å²) in [6.45, 7) is 7.04. The van der Waals surface area contributed by atoms with Crippen molar-refractivity contribution in [2.24, 2.45) is 4.99 Å². The number of urea groups is 1. The number of rotatable bonds is 11. The minimum absolute atomic E-state index is 0.0147. The van der Waals surface area contributed by atoms with Crippen molar-refractivity contribution in [3.63, 3.8) is 0 Å². The lowest BCUT2D eigenvalue weighted by molar-refractivity contribution is 0.257. The van der Waals surface area contributed by atoms with E-state index in [2.05, 4.69) is 37.7 Å². The molecule has 1 saturated heterocycles. The number of ether oxygens (including phenoxy) is 2. The Morgan fingerprint density at radius 1 is 1.26 bits per heavy atom. The highest BCUT2D eigenvalue weighted by molar-refractivity contribution is 8.00. The van der Waals surface area contributed by atoms with Gasteiger partial charge in [-0.15, -0.1) is 0 Å². The Hall–Kier alpha value is -4.14. The molecule has 2 amide bonds. The summed E-state index contributed by atoms with van der Waals surface area (Å²) in [5.74, 6) is 0.423. The van der Waals surface area contributed by atoms with E-state index in [1.165, 1.54) is 42.6 Å². The van der Waals surface area contributed by atoms with Crippen molar-refractivity contribution in [3.8, 4) is 23.3 Å². The Bertz CT molecular complexity index is 1370. The maximum Gasteiger partial charge on any atom is 0.329 e. The summed E-state index contributed by atoms with van der Waals surface area (Å²) in [6.07, 6.45) is 6.35. The Balaban J connectivity index is 1.43. The topological polar surface area (TPSA) is 112 Å². The van der Waals surface area contributed by atoms with Crippen LogP contribution in [0.4, 0.5) is 14.9 Å². The molecule has 2 heterocycles. The van der Waals surface area contributed by atoms with Crippen molar-refractivity contribution in [2.45, 2.75) is 19.3 Å². The van der Waals surface area contributed by atoms with Gasteiger partial charge in [-0.2, -0.15) is 5.26 Å². The van der Waals surface area contributed by atoms with E-state index >= 15 is 0 Å². The molecule has 2 N–H and O–H groups in total. The van der Waals surface area contributed by atoms with Gasteiger partial charge in [-0.25, -0.2) is 9.18 Å². The fourth-order valence-electron chi connectivity index (χ4n) is 4.02. The predicted molar refractivity (Wildman–Crippen MR) is 147 cm³/mol. The van der Waals surface area contributed by atoms with E-state index in [0.717, 1.165) is 38.0 Å². The molecule has 4 rings (SSSR count). The van der Waals surface area contributed by atoms with Crippen molar-refractivity contribution in [1.82, 2.24) is 14.6 Å². The Morgan fingerprint density at radius 3 is 2.87 bits per heavy atom. The van der Waals surface area contributed by atoms with E-state index in [-0.39, 0.29) is 11.4 Å². The summed E-state index contributed by atoms with van der Waals surface area (Å²) in [4.78, 5) is 22.2. The number of anilines is 1. The van der Waals surface area contributed by atoms with Gasteiger partial charge >= 0.3 is 6.03 Å². The third-order valence-electron chi connectivity index (χ3n) is 5.80. The van der Waals surface area contributed by atoms with Gasteiger partial charge < -0.3 is 19.7 Å². The largest absolute Gasteiger partial charge is 0.492 e. The van der Waals surface area contributed by atoms with Crippen LogP contribution in [-0.4, -0.2) is 48.9 Å². The second-order valence-corrected chi connectivity index (χ2v) is 9.13. The second kappa shape index (κ2) is 13.4. The fraction of sp³-hybridized carbons (Fsp3) is 0.259. The van der Waals surface area contributed by atoms with Crippen LogP contribution in [0.5, 0.6) is 17.2 Å². The SMILES string of the molecule is C=N/C=C\SNC(=O)Nc1ccc(Oc2ccnc3cc(OCCCN4CCCC4)c(C#N)cc23)cc1F. The van der Waals surface area contributed by atoms with Crippen LogP contribution in [0, 0.1) is 17.1 Å². The van der Waals surface area contributed by atoms with Gasteiger partial charge in [0.25, 0.3) is 0 Å². The number of halogens is 1. The van der Waals surface area contributed by atoms with Crippen molar-refractivity contribution in [2.75, 3.05) is 31.6 Å². The smallest absolute Gasteiger partial charge is 0.329 e. The summed E-state index contributed by atoms with van der Waals surface area (Å²) in [5, 5.41) is 14.2. The van der Waals surface area contributed by atoms with Gasteiger partial charge in [-0.05, 0) is 75.3 Å². The number of likely N-dealkylation sites (tertiary alicyclic amines) is 1. The van der Waals surface area contributed by atoms with Gasteiger partial charge in [-0.3, -0.25) is 14.7 Å². The van der Waals surface area contributed by atoms with Gasteiger partial charge in [0.05, 0.1) is 23.4 Å². The highest BCUT2D eigenvalue weighted by Crippen LogP contribution is 2.34. The molecule has 1 fully saturated rings. The number of aromatic nitrogens is 1. The zero-order valence-electron chi connectivity index (χ0n) is 20.7. The first-order valence-corrected chi connectivity index (χ1v) is 12.9. The molecule has 0 atom stereocenters. The lowest BCUT2D eigenvalue weighted by Crippen LogP contribution is -2.22. The molecule has 0 saturated carbocycles. The predicted octanol–water partition coefficient (Wildman–Crippen LogP) is 5.84. The van der Waals surface area contributed by atoms with Crippen LogP contribution in [0.2, 0.25) is 0 Å². The number of pyridine rings is 1. The average Bonchev–Trinajstić information content (AvgIpc) is 3.44. The highest BCUT2D eigenvalue weighted by atomic mass is 32.2. The number of carbonyl (C=O) groups is 1. The Morgan fingerprint density at radius 2 is 2.11 bits per heavy atom. The maximum atomic E-state index is 14.6. The van der Waals surface area contributed by atoms with Crippen molar-refractivity contribution < 1.29 is 18.7 Å². The number of carbonyl (C=O) groups excluding carboxylic acids is 1. The summed E-state index contributed by atoms with van der Waals surface area (Å²) in [7, 11) is 0. The number of fused-ring (bicyclic) bond motifs is 1. The van der Waals surface area contributed by atoms with Crippen LogP contribution in [0.3, 0.4) is 0 Å². The number of nitrogens with one attached hydrogen (secondary N) is 2. The summed E-state index contributed by atoms with van der Waals surface area (Å²) < 4.78 is 29.0. The molecule has 2 aromatic carbocycles. The summed E-state index contributed by atoms with van der Waals surface area (Å²) in [5.41, 5.74) is 0.939. The van der Waals surface area contributed by atoms with Crippen LogP contribution < -0.4 is 19.5 Å². The zero-order valence-corrected chi connectivity index (χ0v) is 21.5. The number of nitrogens with zero attached hydrogens (tertiary/aromatic N) is 4. The van der Waals surface area contributed by atoms with Crippen LogP contribution in [0.15, 0.2) is 59.2 Å². The summed E-state index contributed by atoms with van der Waals surface area (Å²) >= 11 is 0.968. The van der Waals surface area contributed by atoms with E-state index in [4.69, 9.17) is 9.47 Å². The van der Waals surface area contributed by atoms with E-state index < -0.39 is 11.8 Å². The van der Waals surface area contributed by atoms with E-state index in [1.807, 2.05) is 0 Å². The average molecular weight is 535 g/mol. The molecule has 0 radical (unpaired) electrons. The van der Waals surface area contributed by atoms with E-state index in [9.17, 15) is 14.4 Å². The van der Waals surface area contributed by atoms with Crippen molar-refractivity contribution in [3.05, 3.63) is 65.6 Å². The highest BCUT2D eigenvalue weighted by Gasteiger charge is 2.14. The Labute approximate surface area is 224 Å². The second-order valence-electron chi connectivity index (χ2n) is 8.42. The van der Waals surface area contributed by atoms with Gasteiger partial charge in [0.15, 0.2) is 0 Å². The molecular formula is C27H27FN6O3S. The minimum atomic E-state index is -0.674. The molecular weight excluding hydrogens is 507 g/mol. The number of nitriles is 1. The normalized spacial score (nSPS) is 13.4. The quantitative estimate of drug-likeness (QED) is 0.180. The molecule has 9 nitrogen and oxygen atoms in total. The lowest BCUT2D eigenvalue weighted by Gasteiger charge is -2.15. The molecule has 196 valence electrons. The number of amides is 2. The molecule has 11 heteroatoms. The first kappa shape index (κ1) is 26.9. The molecule has 0 aliphatic carbocycles. The fourth-order valence-corrected chi connectivity index (χ4v) is 4.39. The van der Waals surface area contributed by atoms with Gasteiger partial charge in [0.1, 0.15) is 29.1 Å².